The summed E-state index contributed by atoms with van der Waals surface area (Å²) in [7, 11) is 0. The Morgan fingerprint density at radius 2 is 2.11 bits per heavy atom. The van der Waals surface area contributed by atoms with Crippen LogP contribution in [0.15, 0.2) is 18.2 Å². The topological polar surface area (TPSA) is 43.1 Å². The van der Waals surface area contributed by atoms with Gasteiger partial charge < -0.3 is 0 Å². The maximum absolute atomic E-state index is 13.8. The number of rotatable bonds is 6. The highest BCUT2D eigenvalue weighted by Crippen LogP contribution is 2.23. The lowest BCUT2D eigenvalue weighted by Gasteiger charge is -2.11. The zero-order valence-electron chi connectivity index (χ0n) is 10.5. The van der Waals surface area contributed by atoms with Crippen molar-refractivity contribution in [3.63, 3.8) is 0 Å². The second-order valence-corrected chi connectivity index (χ2v) is 5.39. The number of hydrogen-bond acceptors (Lipinski definition) is 2. The number of nitro groups is 1. The minimum atomic E-state index is -0.740. The molecule has 0 bridgehead atoms. The largest absolute Gasteiger partial charge is 0.305 e. The smallest absolute Gasteiger partial charge is 0.258 e. The van der Waals surface area contributed by atoms with Crippen molar-refractivity contribution in [3.05, 3.63) is 39.7 Å². The first kappa shape index (κ1) is 14.9. The van der Waals surface area contributed by atoms with E-state index in [-0.39, 0.29) is 5.38 Å². The lowest BCUT2D eigenvalue weighted by atomic mass is 10.0. The Balaban J connectivity index is 2.68. The molecule has 0 saturated carbocycles. The standard InChI is InChI=1S/C13H17ClFNO2/c1-9(2)8-11(14)7-6-10-4-3-5-12(13(10)15)16(17)18/h3-5,9,11H,6-8H2,1-2H3. The van der Waals surface area contributed by atoms with Gasteiger partial charge in [0.2, 0.25) is 5.82 Å². The van der Waals surface area contributed by atoms with Crippen LogP contribution in [-0.4, -0.2) is 10.3 Å². The van der Waals surface area contributed by atoms with Crippen molar-refractivity contribution in [2.45, 2.75) is 38.5 Å². The van der Waals surface area contributed by atoms with Gasteiger partial charge in [-0.2, -0.15) is 4.39 Å². The fourth-order valence-corrected chi connectivity index (χ4v) is 2.31. The monoisotopic (exact) mass is 273 g/mol. The lowest BCUT2D eigenvalue weighted by Crippen LogP contribution is -2.06. The molecule has 1 unspecified atom stereocenters. The van der Waals surface area contributed by atoms with Crippen molar-refractivity contribution >= 4 is 17.3 Å². The Labute approximate surface area is 111 Å². The summed E-state index contributed by atoms with van der Waals surface area (Å²) >= 11 is 6.12. The molecule has 0 saturated heterocycles. The zero-order valence-corrected chi connectivity index (χ0v) is 11.3. The van der Waals surface area contributed by atoms with Gasteiger partial charge in [-0.15, -0.1) is 11.6 Å². The van der Waals surface area contributed by atoms with Gasteiger partial charge in [-0.1, -0.05) is 26.0 Å². The van der Waals surface area contributed by atoms with E-state index in [0.29, 0.717) is 24.3 Å². The van der Waals surface area contributed by atoms with Crippen LogP contribution in [0, 0.1) is 21.8 Å². The number of halogens is 2. The molecular formula is C13H17ClFNO2. The number of alkyl halides is 1. The molecule has 0 amide bonds. The summed E-state index contributed by atoms with van der Waals surface area (Å²) in [6.45, 7) is 4.15. The molecule has 0 N–H and O–H groups in total. The molecule has 18 heavy (non-hydrogen) atoms. The van der Waals surface area contributed by atoms with Gasteiger partial charge in [0, 0.05) is 11.4 Å². The average molecular weight is 274 g/mol. The summed E-state index contributed by atoms with van der Waals surface area (Å²) in [5, 5.41) is 10.6. The molecule has 0 aliphatic rings. The molecule has 0 spiro atoms. The summed E-state index contributed by atoms with van der Waals surface area (Å²) in [6, 6.07) is 4.24. The molecule has 1 aromatic carbocycles. The van der Waals surface area contributed by atoms with E-state index >= 15 is 0 Å². The van der Waals surface area contributed by atoms with Crippen molar-refractivity contribution in [1.82, 2.24) is 0 Å². The SMILES string of the molecule is CC(C)CC(Cl)CCc1cccc([N+](=O)[O-])c1F. The van der Waals surface area contributed by atoms with Gasteiger partial charge in [0.1, 0.15) is 0 Å². The molecule has 0 radical (unpaired) electrons. The number of aryl methyl sites for hydroxylation is 1. The highest BCUT2D eigenvalue weighted by atomic mass is 35.5. The number of hydrogen-bond donors (Lipinski definition) is 0. The van der Waals surface area contributed by atoms with E-state index in [1.165, 1.54) is 12.1 Å². The van der Waals surface area contributed by atoms with Crippen LogP contribution >= 0.6 is 11.6 Å². The Hall–Kier alpha value is -1.16. The van der Waals surface area contributed by atoms with Gasteiger partial charge in [0.25, 0.3) is 0 Å². The van der Waals surface area contributed by atoms with E-state index in [2.05, 4.69) is 13.8 Å². The molecule has 1 aromatic rings. The Kier molecular flexibility index (Phi) is 5.54. The van der Waals surface area contributed by atoms with E-state index in [4.69, 9.17) is 11.6 Å². The molecule has 0 fully saturated rings. The van der Waals surface area contributed by atoms with Gasteiger partial charge in [-0.25, -0.2) is 0 Å². The maximum atomic E-state index is 13.8. The Morgan fingerprint density at radius 1 is 1.44 bits per heavy atom. The number of benzene rings is 1. The van der Waals surface area contributed by atoms with Gasteiger partial charge >= 0.3 is 5.69 Å². The Bertz CT molecular complexity index is 423. The number of nitrogens with zero attached hydrogens (tertiary/aromatic N) is 1. The fraction of sp³-hybridized carbons (Fsp3) is 0.538. The maximum Gasteiger partial charge on any atom is 0.305 e. The van der Waals surface area contributed by atoms with Crippen molar-refractivity contribution in [1.29, 1.82) is 0 Å². The van der Waals surface area contributed by atoms with Gasteiger partial charge in [0.15, 0.2) is 0 Å². The third-order valence-electron chi connectivity index (χ3n) is 2.71. The normalized spacial score (nSPS) is 12.7. The third kappa shape index (κ3) is 4.26. The van der Waals surface area contributed by atoms with E-state index in [1.807, 2.05) is 0 Å². The van der Waals surface area contributed by atoms with Crippen LogP contribution in [0.4, 0.5) is 10.1 Å². The van der Waals surface area contributed by atoms with E-state index in [1.54, 1.807) is 6.07 Å². The van der Waals surface area contributed by atoms with E-state index in [9.17, 15) is 14.5 Å². The van der Waals surface area contributed by atoms with Gasteiger partial charge in [0.05, 0.1) is 4.92 Å². The molecule has 1 rings (SSSR count). The minimum absolute atomic E-state index is 0.0244. The van der Waals surface area contributed by atoms with E-state index < -0.39 is 16.4 Å². The minimum Gasteiger partial charge on any atom is -0.258 e. The van der Waals surface area contributed by atoms with Crippen molar-refractivity contribution in [3.8, 4) is 0 Å². The lowest BCUT2D eigenvalue weighted by molar-refractivity contribution is -0.387. The number of nitro benzene ring substituents is 1. The van der Waals surface area contributed by atoms with Crippen LogP contribution in [-0.2, 0) is 6.42 Å². The summed E-state index contributed by atoms with van der Waals surface area (Å²) in [5.41, 5.74) is -0.110. The summed E-state index contributed by atoms with van der Waals surface area (Å²) in [6.07, 6.45) is 1.91. The van der Waals surface area contributed by atoms with Crippen LogP contribution in [0.2, 0.25) is 0 Å². The summed E-state index contributed by atoms with van der Waals surface area (Å²) in [4.78, 5) is 9.89. The second-order valence-electron chi connectivity index (χ2n) is 4.77. The quantitative estimate of drug-likeness (QED) is 0.440. The highest BCUT2D eigenvalue weighted by Gasteiger charge is 2.17. The van der Waals surface area contributed by atoms with Gasteiger partial charge in [-0.3, -0.25) is 10.1 Å². The molecule has 3 nitrogen and oxygen atoms in total. The molecular weight excluding hydrogens is 257 g/mol. The van der Waals surface area contributed by atoms with Crippen LogP contribution in [0.25, 0.3) is 0 Å². The average Bonchev–Trinajstić information content (AvgIpc) is 2.26. The van der Waals surface area contributed by atoms with Crippen molar-refractivity contribution < 1.29 is 9.31 Å². The first-order valence-electron chi connectivity index (χ1n) is 5.97. The predicted molar refractivity (Wildman–Crippen MR) is 70.5 cm³/mol. The third-order valence-corrected chi connectivity index (χ3v) is 3.11. The van der Waals surface area contributed by atoms with Gasteiger partial charge in [-0.05, 0) is 30.7 Å². The molecule has 0 aliphatic carbocycles. The van der Waals surface area contributed by atoms with Crippen LogP contribution < -0.4 is 0 Å². The Morgan fingerprint density at radius 3 is 2.67 bits per heavy atom. The van der Waals surface area contributed by atoms with E-state index in [0.717, 1.165) is 6.42 Å². The fourth-order valence-electron chi connectivity index (χ4n) is 1.84. The molecule has 0 heterocycles. The predicted octanol–water partition coefficient (Wildman–Crippen LogP) is 4.32. The second kappa shape index (κ2) is 6.69. The first-order valence-corrected chi connectivity index (χ1v) is 6.41. The molecule has 1 atom stereocenters. The van der Waals surface area contributed by atoms with Crippen molar-refractivity contribution in [2.75, 3.05) is 0 Å². The molecule has 5 heteroatoms. The van der Waals surface area contributed by atoms with Crippen molar-refractivity contribution in [2.24, 2.45) is 5.92 Å². The summed E-state index contributed by atoms with van der Waals surface area (Å²) in [5.74, 6) is -0.252. The zero-order chi connectivity index (χ0) is 13.7. The first-order chi connectivity index (χ1) is 8.41. The van der Waals surface area contributed by atoms with Crippen LogP contribution in [0.3, 0.4) is 0 Å². The molecule has 100 valence electrons. The summed E-state index contributed by atoms with van der Waals surface area (Å²) < 4.78 is 13.8. The van der Waals surface area contributed by atoms with Crippen LogP contribution in [0.5, 0.6) is 0 Å². The van der Waals surface area contributed by atoms with Crippen LogP contribution in [0.1, 0.15) is 32.3 Å². The highest BCUT2D eigenvalue weighted by molar-refractivity contribution is 6.20. The molecule has 0 aromatic heterocycles. The molecule has 0 aliphatic heterocycles.